The molecular formula is C76H68O20. The van der Waals surface area contributed by atoms with Crippen LogP contribution in [0.4, 0.5) is 0 Å². The molecule has 0 bridgehead atoms. The number of ether oxygens (including phenoxy) is 10. The molecule has 492 valence electrons. The molecule has 2 aliphatic heterocycles. The molecule has 0 spiro atoms. The van der Waals surface area contributed by atoms with Gasteiger partial charge < -0.3 is 57.1 Å². The minimum Gasteiger partial charge on any atom is -0.494 e. The van der Waals surface area contributed by atoms with Crippen molar-refractivity contribution < 1.29 is 95.7 Å². The van der Waals surface area contributed by atoms with E-state index in [4.69, 9.17) is 66.9 Å². The number of benzene rings is 8. The maximum atomic E-state index is 12.9. The monoisotopic (exact) mass is 1300 g/mol. The molecule has 0 aromatic heterocycles. The van der Waals surface area contributed by atoms with Gasteiger partial charge in [-0.15, -0.1) is 0 Å². The van der Waals surface area contributed by atoms with Gasteiger partial charge in [0.25, 0.3) is 0 Å². The van der Waals surface area contributed by atoms with Crippen LogP contribution in [0, 0.1) is 0 Å². The van der Waals surface area contributed by atoms with E-state index in [1.807, 2.05) is 24.3 Å². The molecule has 0 saturated carbocycles. The van der Waals surface area contributed by atoms with Gasteiger partial charge in [0.05, 0.1) is 67.5 Å². The summed E-state index contributed by atoms with van der Waals surface area (Å²) in [5, 5.41) is 1.57. The molecule has 0 N–H and O–H groups in total. The Labute approximate surface area is 553 Å². The van der Waals surface area contributed by atoms with Crippen molar-refractivity contribution in [3.8, 4) is 34.5 Å². The zero-order valence-electron chi connectivity index (χ0n) is 52.2. The normalized spacial score (nSPS) is 14.9. The van der Waals surface area contributed by atoms with Gasteiger partial charge in [-0.3, -0.25) is 0 Å². The second-order valence-corrected chi connectivity index (χ2v) is 21.3. The van der Waals surface area contributed by atoms with Gasteiger partial charge in [-0.1, -0.05) is 92.7 Å². The molecule has 2 aliphatic rings. The van der Waals surface area contributed by atoms with Crippen molar-refractivity contribution in [1.29, 1.82) is 0 Å². The van der Waals surface area contributed by atoms with Crippen molar-refractivity contribution in [3.63, 3.8) is 0 Å². The Bertz CT molecular complexity index is 4010. The molecule has 96 heavy (non-hydrogen) atoms. The standard InChI is InChI=1S/C38H32O10.C38H36O10/c1-3-24-5-7-26(8-6-24)21-44-48-31-19-15-29(16-20-31)38(41)47-33-23-43-34-32(22-42-35(33)34)46-37(40)28-13-17-30(18-14-28)45-36(39)27-11-9-25(4-2)10-12-27;1-3-21-45-46-25-8-7-23-43-33-17-19-34(20-18-33)47-38(41)31-10-9-30-27-35(16-13-29(30)26-31)48-37(40)28-11-14-32(15-12-28)42-22-5-6-24-44-36(39)4-2/h3-20,32-35H,1-2,21-23H2;4,9-21,26-27H,1-2,5-8,22-25H2/t32-,33+,34+,35+;/m0./s1. The number of rotatable bonds is 31. The van der Waals surface area contributed by atoms with Crippen LogP contribution in [0.3, 0.4) is 0 Å². The van der Waals surface area contributed by atoms with Gasteiger partial charge in [-0.05, 0) is 187 Å². The second-order valence-electron chi connectivity index (χ2n) is 21.3. The lowest BCUT2D eigenvalue weighted by atomic mass is 10.1. The Morgan fingerprint density at radius 2 is 0.854 bits per heavy atom. The summed E-state index contributed by atoms with van der Waals surface area (Å²) in [6, 6.07) is 50.7. The lowest BCUT2D eigenvalue weighted by Gasteiger charge is -2.17. The Balaban J connectivity index is 0.000000225. The highest BCUT2D eigenvalue weighted by Crippen LogP contribution is 2.33. The van der Waals surface area contributed by atoms with Gasteiger partial charge in [0, 0.05) is 6.08 Å². The SMILES string of the molecule is C=C=COOCCCCOc1ccc(OC(=O)c2ccc3cc(OC(=O)c4ccc(OCCCCOC(=O)C=C)cc4)ccc3c2)cc1.C=Cc1ccc(COOc2ccc(C(=O)O[C@@H]3CO[C@H]4[C@@H]3OC[C@@H]4OC(=O)c3ccc(OC(=O)c4ccc(C=C)cc4)cc3)cc2)cc1. The number of unbranched alkanes of at least 4 members (excludes halogenated alkanes) is 2. The van der Waals surface area contributed by atoms with Crippen molar-refractivity contribution in [2.24, 2.45) is 0 Å². The van der Waals surface area contributed by atoms with E-state index in [9.17, 15) is 28.8 Å². The fourth-order valence-corrected chi connectivity index (χ4v) is 9.42. The maximum Gasteiger partial charge on any atom is 0.343 e. The minimum absolute atomic E-state index is 0.0832. The number of carbonyl (C=O) groups is 6. The molecule has 2 heterocycles. The third kappa shape index (κ3) is 20.6. The average molecular weight is 1300 g/mol. The summed E-state index contributed by atoms with van der Waals surface area (Å²) in [6.45, 7) is 16.2. The van der Waals surface area contributed by atoms with Gasteiger partial charge in [0.2, 0.25) is 0 Å². The molecule has 2 fully saturated rings. The lowest BCUT2D eigenvalue weighted by Crippen LogP contribution is -2.36. The molecule has 2 saturated heterocycles. The average Bonchev–Trinajstić information content (AvgIpc) is 1.59. The third-order valence-electron chi connectivity index (χ3n) is 14.5. The molecule has 0 unspecified atom stereocenters. The van der Waals surface area contributed by atoms with Crippen molar-refractivity contribution in [3.05, 3.63) is 271 Å². The quantitative estimate of drug-likeness (QED) is 0.00452. The number of hydrogen-bond donors (Lipinski definition) is 0. The first-order valence-corrected chi connectivity index (χ1v) is 30.5. The summed E-state index contributed by atoms with van der Waals surface area (Å²) >= 11 is 0. The highest BCUT2D eigenvalue weighted by Gasteiger charge is 2.51. The van der Waals surface area contributed by atoms with E-state index < -0.39 is 60.2 Å². The Hall–Kier alpha value is -11.4. The van der Waals surface area contributed by atoms with E-state index >= 15 is 0 Å². The van der Waals surface area contributed by atoms with Crippen LogP contribution < -0.4 is 28.6 Å². The zero-order chi connectivity index (χ0) is 67.4. The fraction of sp³-hybridized carbons (Fsp3) is 0.197. The molecule has 20 heteroatoms. The van der Waals surface area contributed by atoms with Crippen molar-refractivity contribution in [1.82, 2.24) is 0 Å². The van der Waals surface area contributed by atoms with Crippen LogP contribution in [0.5, 0.6) is 34.5 Å². The fourth-order valence-electron chi connectivity index (χ4n) is 9.42. The summed E-state index contributed by atoms with van der Waals surface area (Å²) in [6.07, 6.45) is 6.14. The van der Waals surface area contributed by atoms with Crippen molar-refractivity contribution in [2.45, 2.75) is 56.7 Å². The maximum absolute atomic E-state index is 12.9. The van der Waals surface area contributed by atoms with Gasteiger partial charge in [0.15, 0.2) is 24.2 Å². The smallest absolute Gasteiger partial charge is 0.343 e. The predicted molar refractivity (Wildman–Crippen MR) is 352 cm³/mol. The van der Waals surface area contributed by atoms with Crippen LogP contribution in [0.2, 0.25) is 0 Å². The number of carbonyl (C=O) groups excluding carboxylic acids is 6. The molecule has 20 nitrogen and oxygen atoms in total. The molecule has 0 radical (unpaired) electrons. The van der Waals surface area contributed by atoms with Crippen LogP contribution in [-0.2, 0) is 49.7 Å². The molecule has 0 amide bonds. The van der Waals surface area contributed by atoms with E-state index in [0.717, 1.165) is 46.4 Å². The summed E-state index contributed by atoms with van der Waals surface area (Å²) in [5.74, 6) is -0.420. The topological polar surface area (TPSA) is 232 Å². The van der Waals surface area contributed by atoms with E-state index in [2.05, 4.69) is 32.0 Å². The predicted octanol–water partition coefficient (Wildman–Crippen LogP) is 13.8. The third-order valence-corrected chi connectivity index (χ3v) is 14.5. The van der Waals surface area contributed by atoms with E-state index in [1.165, 1.54) is 30.5 Å². The first-order valence-electron chi connectivity index (χ1n) is 30.5. The van der Waals surface area contributed by atoms with E-state index in [-0.39, 0.29) is 31.1 Å². The molecular weight excluding hydrogens is 1230 g/mol. The first-order chi connectivity index (χ1) is 46.8. The molecule has 10 rings (SSSR count). The first kappa shape index (κ1) is 69.0. The van der Waals surface area contributed by atoms with Crippen LogP contribution in [-0.4, -0.2) is 99.9 Å². The lowest BCUT2D eigenvalue weighted by molar-refractivity contribution is -0.249. The highest BCUT2D eigenvalue weighted by atomic mass is 17.2. The second kappa shape index (κ2) is 35.6. The summed E-state index contributed by atoms with van der Waals surface area (Å²) in [4.78, 5) is 95.0. The van der Waals surface area contributed by atoms with Crippen LogP contribution >= 0.6 is 0 Å². The molecule has 8 aromatic rings. The Morgan fingerprint density at radius 1 is 0.438 bits per heavy atom. The highest BCUT2D eigenvalue weighted by molar-refractivity contribution is 5.98. The summed E-state index contributed by atoms with van der Waals surface area (Å²) in [7, 11) is 0. The van der Waals surface area contributed by atoms with E-state index in [0.29, 0.717) is 90.3 Å². The van der Waals surface area contributed by atoms with Crippen molar-refractivity contribution >= 4 is 58.7 Å². The van der Waals surface area contributed by atoms with Gasteiger partial charge in [-0.25, -0.2) is 28.8 Å². The van der Waals surface area contributed by atoms with Crippen molar-refractivity contribution in [2.75, 3.05) is 39.6 Å². The van der Waals surface area contributed by atoms with Gasteiger partial charge in [0.1, 0.15) is 47.6 Å². The molecule has 8 aromatic carbocycles. The van der Waals surface area contributed by atoms with Crippen LogP contribution in [0.1, 0.15) is 94.2 Å². The Kier molecular flexibility index (Phi) is 25.6. The van der Waals surface area contributed by atoms with Gasteiger partial charge in [-0.2, -0.15) is 9.78 Å². The zero-order valence-corrected chi connectivity index (χ0v) is 52.2. The summed E-state index contributed by atoms with van der Waals surface area (Å²) < 4.78 is 55.8. The molecule has 0 aliphatic carbocycles. The van der Waals surface area contributed by atoms with Crippen LogP contribution in [0.15, 0.2) is 226 Å². The van der Waals surface area contributed by atoms with Gasteiger partial charge >= 0.3 is 35.8 Å². The minimum atomic E-state index is -0.696. The largest absolute Gasteiger partial charge is 0.494 e. The summed E-state index contributed by atoms with van der Waals surface area (Å²) in [5.41, 5.74) is 6.97. The van der Waals surface area contributed by atoms with E-state index in [1.54, 1.807) is 146 Å². The number of hydrogen-bond acceptors (Lipinski definition) is 20. The van der Waals surface area contributed by atoms with Crippen LogP contribution in [0.25, 0.3) is 22.9 Å². The molecule has 4 atom stereocenters. The Morgan fingerprint density at radius 3 is 1.40 bits per heavy atom. The number of fused-ring (bicyclic) bond motifs is 2. The number of esters is 6.